The zero-order valence-corrected chi connectivity index (χ0v) is 10.2. The van der Waals surface area contributed by atoms with E-state index in [0.717, 1.165) is 19.3 Å². The van der Waals surface area contributed by atoms with Gasteiger partial charge in [0.05, 0.1) is 6.54 Å². The quantitative estimate of drug-likeness (QED) is 0.760. The van der Waals surface area contributed by atoms with Crippen LogP contribution in [0.3, 0.4) is 0 Å². The number of furan rings is 1. The predicted molar refractivity (Wildman–Crippen MR) is 63.3 cm³/mol. The van der Waals surface area contributed by atoms with Crippen LogP contribution in [-0.4, -0.2) is 22.6 Å². The van der Waals surface area contributed by atoms with Crippen molar-refractivity contribution in [2.24, 2.45) is 0 Å². The molecule has 1 aromatic rings. The molecule has 1 heterocycles. The molecule has 3 N–H and O–H groups in total. The van der Waals surface area contributed by atoms with Crippen molar-refractivity contribution in [1.82, 2.24) is 10.6 Å². The number of urea groups is 1. The average Bonchev–Trinajstić information content (AvgIpc) is 2.73. The van der Waals surface area contributed by atoms with E-state index in [-0.39, 0.29) is 23.9 Å². The van der Waals surface area contributed by atoms with Crippen molar-refractivity contribution in [3.63, 3.8) is 0 Å². The molecule has 1 aromatic heterocycles. The molecule has 0 radical (unpaired) electrons. The fourth-order valence-electron chi connectivity index (χ4n) is 1.91. The maximum atomic E-state index is 11.6. The summed E-state index contributed by atoms with van der Waals surface area (Å²) >= 11 is 0. The highest BCUT2D eigenvalue weighted by Gasteiger charge is 2.33. The second kappa shape index (κ2) is 4.72. The lowest BCUT2D eigenvalue weighted by Gasteiger charge is -2.38. The molecular formula is C12H16N2O4. The average molecular weight is 252 g/mol. The standard InChI is InChI=1S/C12H16N2O4/c1-12(5-2-6-12)14-11(17)13-7-8-3-4-9(18-8)10(15)16/h3-4H,2,5-7H2,1H3,(H,15,16)(H2,13,14,17). The summed E-state index contributed by atoms with van der Waals surface area (Å²) in [5, 5.41) is 14.2. The minimum atomic E-state index is -1.12. The molecule has 6 heteroatoms. The van der Waals surface area contributed by atoms with Gasteiger partial charge in [0, 0.05) is 5.54 Å². The second-order valence-electron chi connectivity index (χ2n) is 4.79. The summed E-state index contributed by atoms with van der Waals surface area (Å²) in [6, 6.07) is 2.64. The van der Waals surface area contributed by atoms with Crippen LogP contribution in [0, 0.1) is 0 Å². The molecule has 0 saturated heterocycles. The number of carboxylic acid groups (broad SMARTS) is 1. The first kappa shape index (κ1) is 12.5. The van der Waals surface area contributed by atoms with Crippen LogP contribution in [0.2, 0.25) is 0 Å². The summed E-state index contributed by atoms with van der Waals surface area (Å²) in [7, 11) is 0. The maximum Gasteiger partial charge on any atom is 0.371 e. The fraction of sp³-hybridized carbons (Fsp3) is 0.500. The van der Waals surface area contributed by atoms with Crippen LogP contribution in [0.5, 0.6) is 0 Å². The Morgan fingerprint density at radius 1 is 1.44 bits per heavy atom. The van der Waals surface area contributed by atoms with Crippen LogP contribution in [0.4, 0.5) is 4.79 Å². The van der Waals surface area contributed by atoms with Crippen molar-refractivity contribution in [1.29, 1.82) is 0 Å². The molecule has 1 saturated carbocycles. The number of amides is 2. The molecule has 1 aliphatic rings. The Morgan fingerprint density at radius 3 is 2.67 bits per heavy atom. The van der Waals surface area contributed by atoms with Crippen molar-refractivity contribution in [3.05, 3.63) is 23.7 Å². The van der Waals surface area contributed by atoms with Crippen molar-refractivity contribution in [2.75, 3.05) is 0 Å². The van der Waals surface area contributed by atoms with Gasteiger partial charge in [-0.05, 0) is 38.3 Å². The molecule has 6 nitrogen and oxygen atoms in total. The van der Waals surface area contributed by atoms with E-state index in [1.165, 1.54) is 12.1 Å². The molecule has 1 aliphatic carbocycles. The zero-order valence-electron chi connectivity index (χ0n) is 10.2. The third-order valence-corrected chi connectivity index (χ3v) is 3.17. The van der Waals surface area contributed by atoms with Gasteiger partial charge in [0.15, 0.2) is 0 Å². The monoisotopic (exact) mass is 252 g/mol. The van der Waals surface area contributed by atoms with Gasteiger partial charge in [-0.15, -0.1) is 0 Å². The highest BCUT2D eigenvalue weighted by Crippen LogP contribution is 2.30. The van der Waals surface area contributed by atoms with Crippen molar-refractivity contribution in [3.8, 4) is 0 Å². The first-order valence-corrected chi connectivity index (χ1v) is 5.87. The SMILES string of the molecule is CC1(NC(=O)NCc2ccc(C(=O)O)o2)CCC1. The minimum absolute atomic E-state index is 0.0977. The van der Waals surface area contributed by atoms with Gasteiger partial charge < -0.3 is 20.2 Å². The number of hydrogen-bond acceptors (Lipinski definition) is 3. The largest absolute Gasteiger partial charge is 0.475 e. The van der Waals surface area contributed by atoms with Crippen LogP contribution < -0.4 is 10.6 Å². The molecule has 0 aliphatic heterocycles. The topological polar surface area (TPSA) is 91.6 Å². The Morgan fingerprint density at radius 2 is 2.17 bits per heavy atom. The van der Waals surface area contributed by atoms with Crippen molar-refractivity contribution >= 4 is 12.0 Å². The minimum Gasteiger partial charge on any atom is -0.475 e. The number of nitrogens with one attached hydrogen (secondary N) is 2. The van der Waals surface area contributed by atoms with Crippen molar-refractivity contribution < 1.29 is 19.1 Å². The molecule has 18 heavy (non-hydrogen) atoms. The molecule has 98 valence electrons. The van der Waals surface area contributed by atoms with E-state index in [4.69, 9.17) is 9.52 Å². The molecule has 0 bridgehead atoms. The van der Waals surface area contributed by atoms with Gasteiger partial charge in [-0.25, -0.2) is 9.59 Å². The zero-order chi connectivity index (χ0) is 13.2. The van der Waals surface area contributed by atoms with Gasteiger partial charge in [-0.2, -0.15) is 0 Å². The normalized spacial score (nSPS) is 16.7. The van der Waals surface area contributed by atoms with Crippen LogP contribution in [0.25, 0.3) is 0 Å². The lowest BCUT2D eigenvalue weighted by atomic mass is 9.79. The predicted octanol–water partition coefficient (Wildman–Crippen LogP) is 1.72. The second-order valence-corrected chi connectivity index (χ2v) is 4.79. The fourth-order valence-corrected chi connectivity index (χ4v) is 1.91. The Labute approximate surface area is 104 Å². The molecular weight excluding hydrogens is 236 g/mol. The molecule has 0 aromatic carbocycles. The van der Waals surface area contributed by atoms with E-state index in [9.17, 15) is 9.59 Å². The number of carboxylic acids is 1. The summed E-state index contributed by atoms with van der Waals surface area (Å²) in [5.41, 5.74) is -0.0977. The molecule has 2 rings (SSSR count). The summed E-state index contributed by atoms with van der Waals surface area (Å²) in [6.45, 7) is 2.18. The van der Waals surface area contributed by atoms with E-state index >= 15 is 0 Å². The number of carbonyl (C=O) groups excluding carboxylic acids is 1. The molecule has 0 unspecified atom stereocenters. The highest BCUT2D eigenvalue weighted by atomic mass is 16.4. The van der Waals surface area contributed by atoms with Crippen LogP contribution in [0.1, 0.15) is 42.5 Å². The van der Waals surface area contributed by atoms with Crippen LogP contribution in [-0.2, 0) is 6.54 Å². The van der Waals surface area contributed by atoms with Gasteiger partial charge in [0.1, 0.15) is 5.76 Å². The number of aromatic carboxylic acids is 1. The van der Waals surface area contributed by atoms with Crippen molar-refractivity contribution in [2.45, 2.75) is 38.3 Å². The van der Waals surface area contributed by atoms with E-state index < -0.39 is 5.97 Å². The molecule has 0 atom stereocenters. The Bertz CT molecular complexity index is 462. The Balaban J connectivity index is 1.79. The van der Waals surface area contributed by atoms with Gasteiger partial charge in [0.25, 0.3) is 0 Å². The highest BCUT2D eigenvalue weighted by molar-refractivity contribution is 5.84. The van der Waals surface area contributed by atoms with Gasteiger partial charge in [-0.1, -0.05) is 0 Å². The summed E-state index contributed by atoms with van der Waals surface area (Å²) in [6.07, 6.45) is 3.12. The maximum absolute atomic E-state index is 11.6. The van der Waals surface area contributed by atoms with E-state index in [1.54, 1.807) is 0 Å². The third-order valence-electron chi connectivity index (χ3n) is 3.17. The number of rotatable bonds is 4. The van der Waals surface area contributed by atoms with Gasteiger partial charge in [0.2, 0.25) is 5.76 Å². The lowest BCUT2D eigenvalue weighted by Crippen LogP contribution is -2.54. The summed E-state index contributed by atoms with van der Waals surface area (Å²) in [4.78, 5) is 22.2. The first-order valence-electron chi connectivity index (χ1n) is 5.87. The number of carbonyl (C=O) groups is 2. The van der Waals surface area contributed by atoms with Gasteiger partial charge in [-0.3, -0.25) is 0 Å². The van der Waals surface area contributed by atoms with Gasteiger partial charge >= 0.3 is 12.0 Å². The Hall–Kier alpha value is -1.98. The Kier molecular flexibility index (Phi) is 3.27. The third kappa shape index (κ3) is 2.82. The van der Waals surface area contributed by atoms with E-state index in [0.29, 0.717) is 5.76 Å². The van der Waals surface area contributed by atoms with E-state index in [2.05, 4.69) is 10.6 Å². The molecule has 0 spiro atoms. The molecule has 1 fully saturated rings. The first-order chi connectivity index (χ1) is 8.48. The smallest absolute Gasteiger partial charge is 0.371 e. The number of hydrogen-bond donors (Lipinski definition) is 3. The lowest BCUT2D eigenvalue weighted by molar-refractivity contribution is 0.0660. The van der Waals surface area contributed by atoms with Crippen LogP contribution >= 0.6 is 0 Å². The van der Waals surface area contributed by atoms with E-state index in [1.807, 2.05) is 6.92 Å². The summed E-state index contributed by atoms with van der Waals surface area (Å²) < 4.78 is 5.02. The summed E-state index contributed by atoms with van der Waals surface area (Å²) in [5.74, 6) is -0.827. The molecule has 2 amide bonds. The van der Waals surface area contributed by atoms with Crippen LogP contribution in [0.15, 0.2) is 16.5 Å².